The zero-order valence-electron chi connectivity index (χ0n) is 11.8. The summed E-state index contributed by atoms with van der Waals surface area (Å²) in [5.74, 6) is 1.69. The van der Waals surface area contributed by atoms with Crippen LogP contribution in [0.25, 0.3) is 0 Å². The number of hydrogen-bond acceptors (Lipinski definition) is 2. The molecule has 1 heterocycles. The molecule has 0 spiro atoms. The molecule has 0 aromatic rings. The molecule has 2 unspecified atom stereocenters. The van der Waals surface area contributed by atoms with Gasteiger partial charge in [0.1, 0.15) is 0 Å². The summed E-state index contributed by atoms with van der Waals surface area (Å²) in [5, 5.41) is 6.35. The Kier molecular flexibility index (Phi) is 5.96. The van der Waals surface area contributed by atoms with Crippen molar-refractivity contribution in [2.45, 2.75) is 53.0 Å². The Labute approximate surface area is 106 Å². The highest BCUT2D eigenvalue weighted by Crippen LogP contribution is 2.16. The Morgan fingerprint density at radius 2 is 1.88 bits per heavy atom. The van der Waals surface area contributed by atoms with Crippen LogP contribution >= 0.6 is 0 Å². The van der Waals surface area contributed by atoms with Crippen LogP contribution in [0.3, 0.4) is 0 Å². The van der Waals surface area contributed by atoms with Crippen LogP contribution in [0.2, 0.25) is 0 Å². The first-order valence-electron chi connectivity index (χ1n) is 7.01. The third-order valence-corrected chi connectivity index (χ3v) is 3.74. The third kappa shape index (κ3) is 5.07. The standard InChI is InChI=1S/C14H28N2O/c1-10(2)6-5-7-11(3)16-14(17)12(4)13-8-15-9-13/h10-13,15H,5-9H2,1-4H3,(H,16,17). The molecule has 3 heteroatoms. The lowest BCUT2D eigenvalue weighted by molar-refractivity contribution is -0.127. The Hall–Kier alpha value is -0.570. The van der Waals surface area contributed by atoms with Crippen LogP contribution in [-0.2, 0) is 4.79 Å². The van der Waals surface area contributed by atoms with Gasteiger partial charge in [0.05, 0.1) is 0 Å². The van der Waals surface area contributed by atoms with Gasteiger partial charge < -0.3 is 10.6 Å². The number of hydrogen-bond donors (Lipinski definition) is 2. The zero-order valence-corrected chi connectivity index (χ0v) is 11.8. The maximum Gasteiger partial charge on any atom is 0.223 e. The summed E-state index contributed by atoms with van der Waals surface area (Å²) in [4.78, 5) is 11.9. The third-order valence-electron chi connectivity index (χ3n) is 3.74. The van der Waals surface area contributed by atoms with Crippen molar-refractivity contribution < 1.29 is 4.79 Å². The van der Waals surface area contributed by atoms with E-state index in [2.05, 4.69) is 31.4 Å². The predicted octanol–water partition coefficient (Wildman–Crippen LogP) is 2.17. The molecule has 100 valence electrons. The van der Waals surface area contributed by atoms with Gasteiger partial charge in [0.25, 0.3) is 0 Å². The lowest BCUT2D eigenvalue weighted by Crippen LogP contribution is -2.50. The number of carbonyl (C=O) groups excluding carboxylic acids is 1. The first-order chi connectivity index (χ1) is 8.00. The second-order valence-electron chi connectivity index (χ2n) is 5.94. The van der Waals surface area contributed by atoms with Gasteiger partial charge in [0.2, 0.25) is 5.91 Å². The smallest absolute Gasteiger partial charge is 0.223 e. The van der Waals surface area contributed by atoms with E-state index in [-0.39, 0.29) is 11.8 Å². The summed E-state index contributed by atoms with van der Waals surface area (Å²) >= 11 is 0. The highest BCUT2D eigenvalue weighted by Gasteiger charge is 2.28. The lowest BCUT2D eigenvalue weighted by atomic mass is 9.88. The van der Waals surface area contributed by atoms with E-state index in [1.54, 1.807) is 0 Å². The maximum absolute atomic E-state index is 11.9. The number of carbonyl (C=O) groups is 1. The number of amides is 1. The van der Waals surface area contributed by atoms with E-state index < -0.39 is 0 Å². The highest BCUT2D eigenvalue weighted by molar-refractivity contribution is 5.79. The molecule has 2 atom stereocenters. The molecule has 1 rings (SSSR count). The summed E-state index contributed by atoms with van der Waals surface area (Å²) in [6.07, 6.45) is 3.56. The summed E-state index contributed by atoms with van der Waals surface area (Å²) < 4.78 is 0. The van der Waals surface area contributed by atoms with Crippen LogP contribution in [0.15, 0.2) is 0 Å². The van der Waals surface area contributed by atoms with Gasteiger partial charge in [-0.25, -0.2) is 0 Å². The molecule has 1 aliphatic heterocycles. The second kappa shape index (κ2) is 7.00. The van der Waals surface area contributed by atoms with Gasteiger partial charge in [0.15, 0.2) is 0 Å². The minimum Gasteiger partial charge on any atom is -0.353 e. The van der Waals surface area contributed by atoms with Crippen molar-refractivity contribution in [2.24, 2.45) is 17.8 Å². The van der Waals surface area contributed by atoms with Crippen LogP contribution in [0.1, 0.15) is 47.0 Å². The molecule has 1 fully saturated rings. The molecular formula is C14H28N2O. The van der Waals surface area contributed by atoms with Crippen molar-refractivity contribution in [1.82, 2.24) is 10.6 Å². The van der Waals surface area contributed by atoms with E-state index in [0.29, 0.717) is 12.0 Å². The van der Waals surface area contributed by atoms with Gasteiger partial charge in [0, 0.05) is 12.0 Å². The van der Waals surface area contributed by atoms with Crippen molar-refractivity contribution in [3.05, 3.63) is 0 Å². The van der Waals surface area contributed by atoms with Crippen LogP contribution in [0, 0.1) is 17.8 Å². The van der Waals surface area contributed by atoms with Crippen molar-refractivity contribution in [3.63, 3.8) is 0 Å². The fourth-order valence-electron chi connectivity index (χ4n) is 2.16. The quantitative estimate of drug-likeness (QED) is 0.716. The molecule has 0 aromatic carbocycles. The normalized spacial score (nSPS) is 19.8. The highest BCUT2D eigenvalue weighted by atomic mass is 16.1. The average molecular weight is 240 g/mol. The average Bonchev–Trinajstić information content (AvgIpc) is 2.13. The van der Waals surface area contributed by atoms with Crippen molar-refractivity contribution in [3.8, 4) is 0 Å². The molecule has 0 aromatic heterocycles. The zero-order chi connectivity index (χ0) is 12.8. The van der Waals surface area contributed by atoms with Gasteiger partial charge in [-0.3, -0.25) is 4.79 Å². The number of rotatable bonds is 7. The summed E-state index contributed by atoms with van der Waals surface area (Å²) in [7, 11) is 0. The Balaban J connectivity index is 2.15. The monoisotopic (exact) mass is 240 g/mol. The SMILES string of the molecule is CC(C)CCCC(C)NC(=O)C(C)C1CNC1. The maximum atomic E-state index is 11.9. The molecule has 0 bridgehead atoms. The molecule has 0 radical (unpaired) electrons. The van der Waals surface area contributed by atoms with Crippen LogP contribution in [0.4, 0.5) is 0 Å². The molecule has 17 heavy (non-hydrogen) atoms. The van der Waals surface area contributed by atoms with E-state index in [4.69, 9.17) is 0 Å². The van der Waals surface area contributed by atoms with Gasteiger partial charge in [-0.1, -0.05) is 33.6 Å². The molecule has 1 aliphatic rings. The predicted molar refractivity (Wildman–Crippen MR) is 71.8 cm³/mol. The van der Waals surface area contributed by atoms with E-state index in [9.17, 15) is 4.79 Å². The minimum absolute atomic E-state index is 0.156. The Morgan fingerprint density at radius 1 is 1.24 bits per heavy atom. The van der Waals surface area contributed by atoms with Gasteiger partial charge in [-0.2, -0.15) is 0 Å². The van der Waals surface area contributed by atoms with E-state index in [0.717, 1.165) is 25.4 Å². The Morgan fingerprint density at radius 3 is 2.35 bits per heavy atom. The topological polar surface area (TPSA) is 41.1 Å². The van der Waals surface area contributed by atoms with Crippen molar-refractivity contribution in [1.29, 1.82) is 0 Å². The van der Waals surface area contributed by atoms with Crippen molar-refractivity contribution in [2.75, 3.05) is 13.1 Å². The molecule has 0 saturated carbocycles. The fraction of sp³-hybridized carbons (Fsp3) is 0.929. The van der Waals surface area contributed by atoms with Gasteiger partial charge in [-0.05, 0) is 38.3 Å². The lowest BCUT2D eigenvalue weighted by Gasteiger charge is -2.32. The van der Waals surface area contributed by atoms with Crippen LogP contribution in [0.5, 0.6) is 0 Å². The molecular weight excluding hydrogens is 212 g/mol. The second-order valence-corrected chi connectivity index (χ2v) is 5.94. The molecule has 1 amide bonds. The molecule has 2 N–H and O–H groups in total. The van der Waals surface area contributed by atoms with E-state index >= 15 is 0 Å². The van der Waals surface area contributed by atoms with E-state index in [1.165, 1.54) is 12.8 Å². The molecule has 3 nitrogen and oxygen atoms in total. The summed E-state index contributed by atoms with van der Waals surface area (Å²) in [6, 6.07) is 0.316. The minimum atomic E-state index is 0.156. The first-order valence-corrected chi connectivity index (χ1v) is 7.01. The summed E-state index contributed by atoms with van der Waals surface area (Å²) in [6.45, 7) is 10.6. The van der Waals surface area contributed by atoms with Crippen molar-refractivity contribution >= 4 is 5.91 Å². The van der Waals surface area contributed by atoms with E-state index in [1.807, 2.05) is 6.92 Å². The van der Waals surface area contributed by atoms with Crippen LogP contribution in [-0.4, -0.2) is 25.0 Å². The van der Waals surface area contributed by atoms with Crippen LogP contribution < -0.4 is 10.6 Å². The van der Waals surface area contributed by atoms with Gasteiger partial charge in [-0.15, -0.1) is 0 Å². The fourth-order valence-corrected chi connectivity index (χ4v) is 2.16. The Bertz CT molecular complexity index is 236. The molecule has 1 saturated heterocycles. The first kappa shape index (κ1) is 14.5. The molecule has 0 aliphatic carbocycles. The van der Waals surface area contributed by atoms with Gasteiger partial charge >= 0.3 is 0 Å². The summed E-state index contributed by atoms with van der Waals surface area (Å²) in [5.41, 5.74) is 0. The number of nitrogens with one attached hydrogen (secondary N) is 2. The largest absolute Gasteiger partial charge is 0.353 e.